The molecule has 9 aromatic rings. The van der Waals surface area contributed by atoms with Crippen LogP contribution in [-0.4, -0.2) is 52.3 Å². The molecule has 0 N–H and O–H groups in total. The lowest BCUT2D eigenvalue weighted by Crippen LogP contribution is -2.49. The Labute approximate surface area is 460 Å². The average Bonchev–Trinajstić information content (AvgIpc) is 3.50. The number of benzene rings is 6. The first-order valence-corrected chi connectivity index (χ1v) is 28.3. The smallest absolute Gasteiger partial charge is 0.230 e. The third-order valence-corrected chi connectivity index (χ3v) is 16.5. The summed E-state index contributed by atoms with van der Waals surface area (Å²) >= 11 is 0. The van der Waals surface area contributed by atoms with Crippen LogP contribution in [0.3, 0.4) is 0 Å². The maximum Gasteiger partial charge on any atom is 0.230 e. The van der Waals surface area contributed by atoms with E-state index < -0.39 is 17.8 Å². The van der Waals surface area contributed by atoms with Gasteiger partial charge in [-0.1, -0.05) is 170 Å². The van der Waals surface area contributed by atoms with Gasteiger partial charge in [0.05, 0.1) is 17.1 Å². The number of carbonyl (C=O) groups excluding carboxylic acids is 3. The van der Waals surface area contributed by atoms with E-state index in [1.54, 1.807) is 0 Å². The molecule has 6 aromatic carbocycles. The molecule has 3 atom stereocenters. The van der Waals surface area contributed by atoms with E-state index in [9.17, 15) is 0 Å². The topological polar surface area (TPSA) is 99.6 Å². The molecule has 1 aliphatic carbocycles. The molecule has 0 radical (unpaired) electrons. The monoisotopic (exact) mass is 1030 g/mol. The largest absolute Gasteiger partial charge is 0.312 e. The van der Waals surface area contributed by atoms with Gasteiger partial charge in [-0.05, 0) is 108 Å². The van der Waals surface area contributed by atoms with Crippen molar-refractivity contribution in [3.63, 3.8) is 0 Å². The first-order valence-electron chi connectivity index (χ1n) is 28.3. The Morgan fingerprint density at radius 3 is 0.897 bits per heavy atom. The van der Waals surface area contributed by atoms with Gasteiger partial charge in [-0.25, -0.2) is 0 Å². The van der Waals surface area contributed by atoms with Crippen LogP contribution >= 0.6 is 0 Å². The fourth-order valence-corrected chi connectivity index (χ4v) is 11.3. The van der Waals surface area contributed by atoms with Crippen LogP contribution in [0.2, 0.25) is 0 Å². The minimum atomic E-state index is -0.597. The fraction of sp³-hybridized carbons (Fsp3) is 0.304. The van der Waals surface area contributed by atoms with Gasteiger partial charge >= 0.3 is 0 Å². The Hall–Kier alpha value is -8.04. The van der Waals surface area contributed by atoms with Gasteiger partial charge in [0, 0.05) is 106 Å². The zero-order valence-corrected chi connectivity index (χ0v) is 46.1. The summed E-state index contributed by atoms with van der Waals surface area (Å²) in [7, 11) is 0. The van der Waals surface area contributed by atoms with E-state index in [-0.39, 0.29) is 35.5 Å². The molecule has 3 unspecified atom stereocenters. The minimum absolute atomic E-state index is 0.0533. The SMILES string of the molecule is CCC(C)CN(C(=O)C1CC(C(=O)N(CC(C)CC)c2ccc(-c3nccc4ccccc34)cc2)CC(C(=O)N(CC(C)CC)c2ccc(-c3nccc4ccccc34)cc2)C1)c1ccc(-c2nccc3ccccc23)cc1. The molecular formula is C69H72N6O3. The first-order chi connectivity index (χ1) is 38.0. The summed E-state index contributed by atoms with van der Waals surface area (Å²) in [6.45, 7) is 14.5. The Morgan fingerprint density at radius 1 is 0.385 bits per heavy atom. The molecule has 3 aromatic heterocycles. The van der Waals surface area contributed by atoms with Crippen LogP contribution in [0.1, 0.15) is 80.1 Å². The zero-order chi connectivity index (χ0) is 54.3. The number of hydrogen-bond acceptors (Lipinski definition) is 6. The van der Waals surface area contributed by atoms with Crippen molar-refractivity contribution in [3.8, 4) is 33.8 Å². The van der Waals surface area contributed by atoms with E-state index in [0.717, 1.165) is 102 Å². The van der Waals surface area contributed by atoms with Gasteiger partial charge in [-0.2, -0.15) is 0 Å². The van der Waals surface area contributed by atoms with Gasteiger partial charge in [-0.3, -0.25) is 29.3 Å². The quantitative estimate of drug-likeness (QED) is 0.0849. The lowest BCUT2D eigenvalue weighted by Gasteiger charge is -2.40. The third-order valence-electron chi connectivity index (χ3n) is 16.5. The number of aromatic nitrogens is 3. The van der Waals surface area contributed by atoms with Crippen molar-refractivity contribution in [2.75, 3.05) is 34.3 Å². The molecule has 78 heavy (non-hydrogen) atoms. The number of nitrogens with zero attached hydrogens (tertiary/aromatic N) is 6. The first kappa shape index (κ1) is 53.4. The van der Waals surface area contributed by atoms with Crippen LogP contribution in [0.25, 0.3) is 66.1 Å². The maximum atomic E-state index is 15.7. The van der Waals surface area contributed by atoms with Crippen LogP contribution in [0.15, 0.2) is 182 Å². The highest BCUT2D eigenvalue weighted by Gasteiger charge is 2.44. The molecule has 9 nitrogen and oxygen atoms in total. The standard InChI is InChI=1S/C69H72N6O3/c1-7-46(4)43-73(58-28-22-52(23-29-58)64-61-19-13-10-16-49(61)34-37-70-64)67(76)55-40-56(68(77)74(44-47(5)8-2)59-30-24-53(25-31-59)65-62-20-14-11-17-50(62)35-38-71-65)42-57(41-55)69(78)75(45-48(6)9-3)60-32-26-54(27-33-60)66-63-21-15-12-18-51(63)36-39-72-66/h10-39,46-48,55-57H,7-9,40-45H2,1-6H3. The van der Waals surface area contributed by atoms with Gasteiger partial charge in [0.15, 0.2) is 0 Å². The molecule has 0 bridgehead atoms. The Bertz CT molecular complexity index is 3150. The average molecular weight is 1030 g/mol. The number of hydrogen-bond donors (Lipinski definition) is 0. The van der Waals surface area contributed by atoms with Crippen LogP contribution < -0.4 is 14.7 Å². The Morgan fingerprint density at radius 2 is 0.641 bits per heavy atom. The van der Waals surface area contributed by atoms with E-state index >= 15 is 14.4 Å². The molecule has 396 valence electrons. The second-order valence-corrected chi connectivity index (χ2v) is 22.0. The van der Waals surface area contributed by atoms with Crippen LogP contribution in [-0.2, 0) is 14.4 Å². The molecule has 0 saturated heterocycles. The molecular weight excluding hydrogens is 961 g/mol. The molecule has 3 heterocycles. The summed E-state index contributed by atoms with van der Waals surface area (Å²) in [5, 5.41) is 6.53. The molecule has 1 fully saturated rings. The molecule has 3 amide bonds. The van der Waals surface area contributed by atoms with Crippen molar-refractivity contribution in [2.45, 2.75) is 80.1 Å². The predicted octanol–water partition coefficient (Wildman–Crippen LogP) is 15.9. The molecule has 1 saturated carbocycles. The van der Waals surface area contributed by atoms with Gasteiger partial charge in [0.1, 0.15) is 0 Å². The van der Waals surface area contributed by atoms with E-state index in [1.807, 2.05) is 124 Å². The molecule has 9 heteroatoms. The second-order valence-electron chi connectivity index (χ2n) is 22.0. The van der Waals surface area contributed by atoms with Gasteiger partial charge in [0.25, 0.3) is 0 Å². The van der Waals surface area contributed by atoms with Crippen LogP contribution in [0.4, 0.5) is 17.1 Å². The summed E-state index contributed by atoms with van der Waals surface area (Å²) in [4.78, 5) is 67.3. The number of carbonyl (C=O) groups is 3. The van der Waals surface area contributed by atoms with Gasteiger partial charge < -0.3 is 14.7 Å². The molecule has 10 rings (SSSR count). The van der Waals surface area contributed by atoms with E-state index in [0.29, 0.717) is 38.9 Å². The predicted molar refractivity (Wildman–Crippen MR) is 321 cm³/mol. The number of anilines is 3. The highest BCUT2D eigenvalue weighted by molar-refractivity contribution is 6.02. The highest BCUT2D eigenvalue weighted by Crippen LogP contribution is 2.41. The molecule has 0 spiro atoms. The molecule has 1 aliphatic rings. The highest BCUT2D eigenvalue weighted by atomic mass is 16.2. The molecule has 0 aliphatic heterocycles. The maximum absolute atomic E-state index is 15.7. The van der Waals surface area contributed by atoms with Crippen molar-refractivity contribution in [1.29, 1.82) is 0 Å². The number of fused-ring (bicyclic) bond motifs is 3. The van der Waals surface area contributed by atoms with Crippen molar-refractivity contribution in [1.82, 2.24) is 15.0 Å². The third kappa shape index (κ3) is 11.5. The number of amides is 3. The second kappa shape index (κ2) is 24.1. The van der Waals surface area contributed by atoms with Crippen molar-refractivity contribution >= 4 is 67.1 Å². The van der Waals surface area contributed by atoms with E-state index in [2.05, 4.69) is 114 Å². The number of pyridine rings is 3. The summed E-state index contributed by atoms with van der Waals surface area (Å²) in [6.07, 6.45) is 9.19. The van der Waals surface area contributed by atoms with Crippen LogP contribution in [0, 0.1) is 35.5 Å². The Balaban J connectivity index is 1.01. The van der Waals surface area contributed by atoms with E-state index in [4.69, 9.17) is 15.0 Å². The normalized spacial score (nSPS) is 16.6. The minimum Gasteiger partial charge on any atom is -0.312 e. The summed E-state index contributed by atoms with van der Waals surface area (Å²) in [5.74, 6) is -1.36. The fourth-order valence-electron chi connectivity index (χ4n) is 11.3. The van der Waals surface area contributed by atoms with Gasteiger partial charge in [0.2, 0.25) is 17.7 Å². The lowest BCUT2D eigenvalue weighted by molar-refractivity contribution is -0.132. The van der Waals surface area contributed by atoms with Gasteiger partial charge in [-0.15, -0.1) is 0 Å². The van der Waals surface area contributed by atoms with Crippen molar-refractivity contribution < 1.29 is 14.4 Å². The van der Waals surface area contributed by atoms with Crippen molar-refractivity contribution in [2.24, 2.45) is 35.5 Å². The van der Waals surface area contributed by atoms with E-state index in [1.165, 1.54) is 0 Å². The number of rotatable bonds is 18. The Kier molecular flexibility index (Phi) is 16.5. The van der Waals surface area contributed by atoms with Crippen molar-refractivity contribution in [3.05, 3.63) is 182 Å². The lowest BCUT2D eigenvalue weighted by atomic mass is 9.73. The summed E-state index contributed by atoms with van der Waals surface area (Å²) < 4.78 is 0. The summed E-state index contributed by atoms with van der Waals surface area (Å²) in [5.41, 5.74) is 7.93. The van der Waals surface area contributed by atoms with Crippen LogP contribution in [0.5, 0.6) is 0 Å². The zero-order valence-electron chi connectivity index (χ0n) is 46.1. The summed E-state index contributed by atoms with van der Waals surface area (Å²) in [6, 6.07) is 55.4.